The molecule has 1 unspecified atom stereocenters. The van der Waals surface area contributed by atoms with Gasteiger partial charge in [0.2, 0.25) is 5.91 Å². The average Bonchev–Trinajstić information content (AvgIpc) is 2.27. The first kappa shape index (κ1) is 15.7. The fraction of sp³-hybridized carbons (Fsp3) is 0.167. The fourth-order valence-corrected chi connectivity index (χ4v) is 1.54. The van der Waals surface area contributed by atoms with Crippen LogP contribution in [0.25, 0.3) is 10.8 Å². The lowest BCUT2D eigenvalue weighted by Crippen LogP contribution is -2.18. The molecule has 0 aliphatic rings. The Bertz CT molecular complexity index is 517. The summed E-state index contributed by atoms with van der Waals surface area (Å²) in [6.45, 7) is 1.81. The molecule has 1 heterocycles. The number of fused-ring (bicyclic) bond motifs is 1. The molecule has 1 amide bonds. The highest BCUT2D eigenvalue weighted by Gasteiger charge is 2.11. The van der Waals surface area contributed by atoms with Crippen molar-refractivity contribution in [2.45, 2.75) is 12.8 Å². The molecule has 1 aromatic heterocycles. The molecule has 0 aliphatic heterocycles. The summed E-state index contributed by atoms with van der Waals surface area (Å²) in [7, 11) is 0. The molecule has 0 fully saturated rings. The molecule has 1 aromatic carbocycles. The molecule has 0 bridgehead atoms. The van der Waals surface area contributed by atoms with Crippen LogP contribution in [-0.4, -0.2) is 10.9 Å². The van der Waals surface area contributed by atoms with Gasteiger partial charge in [-0.05, 0) is 23.9 Å². The number of benzene rings is 1. The molecule has 0 saturated heterocycles. The highest BCUT2D eigenvalue weighted by Crippen LogP contribution is 2.20. The Morgan fingerprint density at radius 2 is 1.94 bits per heavy atom. The van der Waals surface area contributed by atoms with Gasteiger partial charge in [-0.15, -0.1) is 24.8 Å². The third kappa shape index (κ3) is 3.32. The highest BCUT2D eigenvalue weighted by atomic mass is 35.5. The largest absolute Gasteiger partial charge is 0.369 e. The van der Waals surface area contributed by atoms with Gasteiger partial charge in [-0.2, -0.15) is 0 Å². The van der Waals surface area contributed by atoms with Gasteiger partial charge in [-0.3, -0.25) is 9.78 Å². The number of halogens is 2. The molecule has 92 valence electrons. The Kier molecular flexibility index (Phi) is 5.93. The van der Waals surface area contributed by atoms with Crippen LogP contribution in [0.15, 0.2) is 36.7 Å². The molecule has 0 saturated carbocycles. The summed E-state index contributed by atoms with van der Waals surface area (Å²) in [6, 6.07) is 7.77. The van der Waals surface area contributed by atoms with Crippen molar-refractivity contribution >= 4 is 41.5 Å². The van der Waals surface area contributed by atoms with Crippen LogP contribution in [0.2, 0.25) is 0 Å². The molecule has 5 heteroatoms. The van der Waals surface area contributed by atoms with Crippen LogP contribution in [-0.2, 0) is 4.79 Å². The minimum atomic E-state index is -0.302. The minimum absolute atomic E-state index is 0. The first-order valence-corrected chi connectivity index (χ1v) is 4.81. The maximum atomic E-state index is 11.0. The molecule has 3 nitrogen and oxygen atoms in total. The zero-order valence-corrected chi connectivity index (χ0v) is 10.9. The Morgan fingerprint density at radius 1 is 1.24 bits per heavy atom. The molecular formula is C12H14Cl2N2O. The van der Waals surface area contributed by atoms with E-state index in [0.717, 1.165) is 16.3 Å². The van der Waals surface area contributed by atoms with Gasteiger partial charge in [0.15, 0.2) is 0 Å². The lowest BCUT2D eigenvalue weighted by Gasteiger charge is -2.08. The van der Waals surface area contributed by atoms with Crippen LogP contribution >= 0.6 is 24.8 Å². The number of nitrogens with two attached hydrogens (primary N) is 1. The summed E-state index contributed by atoms with van der Waals surface area (Å²) < 4.78 is 0. The monoisotopic (exact) mass is 272 g/mol. The van der Waals surface area contributed by atoms with Gasteiger partial charge in [0.05, 0.1) is 5.92 Å². The number of primary amides is 1. The molecule has 2 N–H and O–H groups in total. The van der Waals surface area contributed by atoms with E-state index in [1.165, 1.54) is 0 Å². The van der Waals surface area contributed by atoms with Gasteiger partial charge in [-0.25, -0.2) is 0 Å². The van der Waals surface area contributed by atoms with Crippen LogP contribution < -0.4 is 5.73 Å². The van der Waals surface area contributed by atoms with E-state index >= 15 is 0 Å². The van der Waals surface area contributed by atoms with Crippen LogP contribution in [0.4, 0.5) is 0 Å². The zero-order chi connectivity index (χ0) is 10.8. The number of nitrogens with zero attached hydrogens (tertiary/aromatic N) is 1. The van der Waals surface area contributed by atoms with E-state index in [9.17, 15) is 4.79 Å². The first-order chi connectivity index (χ1) is 7.18. The summed E-state index contributed by atoms with van der Waals surface area (Å²) in [5.74, 6) is -0.550. The van der Waals surface area contributed by atoms with Gasteiger partial charge in [0.25, 0.3) is 0 Å². The minimum Gasteiger partial charge on any atom is -0.369 e. The van der Waals surface area contributed by atoms with E-state index in [1.807, 2.05) is 31.2 Å². The highest BCUT2D eigenvalue weighted by molar-refractivity contribution is 5.86. The second-order valence-electron chi connectivity index (χ2n) is 3.61. The molecule has 2 rings (SSSR count). The maximum absolute atomic E-state index is 11.0. The Balaban J connectivity index is 0.00000128. The normalized spacial score (nSPS) is 11.1. The van der Waals surface area contributed by atoms with E-state index in [-0.39, 0.29) is 36.6 Å². The quantitative estimate of drug-likeness (QED) is 0.914. The van der Waals surface area contributed by atoms with Crippen molar-refractivity contribution in [3.8, 4) is 0 Å². The summed E-state index contributed by atoms with van der Waals surface area (Å²) in [4.78, 5) is 15.1. The van der Waals surface area contributed by atoms with Crippen LogP contribution in [0, 0.1) is 0 Å². The Labute approximate surface area is 112 Å². The van der Waals surface area contributed by atoms with Crippen molar-refractivity contribution in [3.05, 3.63) is 42.2 Å². The third-order valence-corrected chi connectivity index (χ3v) is 2.59. The molecule has 17 heavy (non-hydrogen) atoms. The van der Waals surface area contributed by atoms with Crippen molar-refractivity contribution < 1.29 is 4.79 Å². The molecule has 2 aromatic rings. The number of amides is 1. The third-order valence-electron chi connectivity index (χ3n) is 2.59. The first-order valence-electron chi connectivity index (χ1n) is 4.81. The number of hydrogen-bond acceptors (Lipinski definition) is 2. The zero-order valence-electron chi connectivity index (χ0n) is 9.29. The topological polar surface area (TPSA) is 56.0 Å². The van der Waals surface area contributed by atoms with Gasteiger partial charge in [0, 0.05) is 17.8 Å². The summed E-state index contributed by atoms with van der Waals surface area (Å²) in [5.41, 5.74) is 6.21. The van der Waals surface area contributed by atoms with Gasteiger partial charge in [-0.1, -0.05) is 18.2 Å². The molecule has 0 spiro atoms. The predicted octanol–water partition coefficient (Wildman–Crippen LogP) is 2.67. The summed E-state index contributed by atoms with van der Waals surface area (Å²) in [6.07, 6.45) is 3.54. The van der Waals surface area contributed by atoms with E-state index < -0.39 is 0 Å². The number of rotatable bonds is 2. The lowest BCUT2D eigenvalue weighted by molar-refractivity contribution is -0.119. The van der Waals surface area contributed by atoms with E-state index in [2.05, 4.69) is 4.98 Å². The van der Waals surface area contributed by atoms with Crippen molar-refractivity contribution in [2.24, 2.45) is 5.73 Å². The second-order valence-corrected chi connectivity index (χ2v) is 3.61. The van der Waals surface area contributed by atoms with E-state index in [4.69, 9.17) is 5.73 Å². The molecule has 0 aliphatic carbocycles. The van der Waals surface area contributed by atoms with Gasteiger partial charge >= 0.3 is 0 Å². The predicted molar refractivity (Wildman–Crippen MR) is 73.8 cm³/mol. The molecule has 1 atom stereocenters. The number of aromatic nitrogens is 1. The van der Waals surface area contributed by atoms with Crippen LogP contribution in [0.3, 0.4) is 0 Å². The number of carbonyl (C=O) groups excluding carboxylic acids is 1. The van der Waals surface area contributed by atoms with Crippen molar-refractivity contribution in [2.75, 3.05) is 0 Å². The molecule has 0 radical (unpaired) electrons. The van der Waals surface area contributed by atoms with E-state index in [1.54, 1.807) is 12.4 Å². The van der Waals surface area contributed by atoms with Crippen molar-refractivity contribution in [1.82, 2.24) is 4.98 Å². The Morgan fingerprint density at radius 3 is 2.59 bits per heavy atom. The maximum Gasteiger partial charge on any atom is 0.224 e. The van der Waals surface area contributed by atoms with Gasteiger partial charge in [0.1, 0.15) is 0 Å². The fourth-order valence-electron chi connectivity index (χ4n) is 1.54. The van der Waals surface area contributed by atoms with Gasteiger partial charge < -0.3 is 5.73 Å². The van der Waals surface area contributed by atoms with Crippen LogP contribution in [0.1, 0.15) is 18.4 Å². The summed E-state index contributed by atoms with van der Waals surface area (Å²) in [5, 5.41) is 2.15. The second kappa shape index (κ2) is 6.42. The van der Waals surface area contributed by atoms with E-state index in [0.29, 0.717) is 0 Å². The standard InChI is InChI=1S/C12H12N2O.2ClH/c1-8(12(13)15)9-2-3-11-7-14-5-4-10(11)6-9;;/h2-8H,1H3,(H2,13,15);2*1H. The summed E-state index contributed by atoms with van der Waals surface area (Å²) >= 11 is 0. The van der Waals surface area contributed by atoms with Crippen LogP contribution in [0.5, 0.6) is 0 Å². The number of hydrogen-bond donors (Lipinski definition) is 1. The number of carbonyl (C=O) groups is 1. The van der Waals surface area contributed by atoms with Crippen molar-refractivity contribution in [1.29, 1.82) is 0 Å². The van der Waals surface area contributed by atoms with Crippen molar-refractivity contribution in [3.63, 3.8) is 0 Å². The smallest absolute Gasteiger partial charge is 0.224 e. The lowest BCUT2D eigenvalue weighted by atomic mass is 9.98. The number of pyridine rings is 1. The average molecular weight is 273 g/mol. The molecular weight excluding hydrogens is 259 g/mol. The SMILES string of the molecule is CC(C(N)=O)c1ccc2cnccc2c1.Cl.Cl. The Hall–Kier alpha value is -1.32.